The highest BCUT2D eigenvalue weighted by atomic mass is 79.9. The van der Waals surface area contributed by atoms with E-state index in [1.165, 1.54) is 6.07 Å². The Morgan fingerprint density at radius 3 is 2.73 bits per heavy atom. The monoisotopic (exact) mass is 359 g/mol. The Bertz CT molecular complexity index is 812. The first-order chi connectivity index (χ1) is 10.6. The highest BCUT2D eigenvalue weighted by Gasteiger charge is 2.08. The molecule has 0 bridgehead atoms. The summed E-state index contributed by atoms with van der Waals surface area (Å²) in [4.78, 5) is 12.8. The zero-order chi connectivity index (χ0) is 15.5. The minimum atomic E-state index is -0.345. The van der Waals surface area contributed by atoms with Crippen molar-refractivity contribution in [3.63, 3.8) is 0 Å². The Hall–Kier alpha value is -2.34. The number of benzene rings is 1. The van der Waals surface area contributed by atoms with Gasteiger partial charge < -0.3 is 4.74 Å². The van der Waals surface area contributed by atoms with E-state index in [9.17, 15) is 4.39 Å². The fourth-order valence-electron chi connectivity index (χ4n) is 1.88. The highest BCUT2D eigenvalue weighted by molar-refractivity contribution is 9.10. The van der Waals surface area contributed by atoms with Gasteiger partial charge in [0, 0.05) is 29.7 Å². The lowest BCUT2D eigenvalue weighted by Gasteiger charge is -2.08. The largest absolute Gasteiger partial charge is 0.439 e. The third kappa shape index (κ3) is 3.28. The number of aryl methyl sites for hydroxylation is 1. The van der Waals surface area contributed by atoms with Gasteiger partial charge in [-0.3, -0.25) is 4.98 Å². The SMILES string of the molecule is Cc1cc(Oc2ccc(F)c(Br)c2)nc(-c2cccnc2)n1. The smallest absolute Gasteiger partial charge is 0.223 e. The first-order valence-electron chi connectivity index (χ1n) is 6.51. The van der Waals surface area contributed by atoms with E-state index in [1.54, 1.807) is 30.6 Å². The van der Waals surface area contributed by atoms with Gasteiger partial charge in [-0.1, -0.05) is 0 Å². The molecule has 0 aliphatic heterocycles. The van der Waals surface area contributed by atoms with Gasteiger partial charge in [0.1, 0.15) is 11.6 Å². The minimum absolute atomic E-state index is 0.336. The third-order valence-corrected chi connectivity index (χ3v) is 3.47. The Morgan fingerprint density at radius 1 is 1.14 bits per heavy atom. The van der Waals surface area contributed by atoms with Crippen molar-refractivity contribution in [1.82, 2.24) is 15.0 Å². The van der Waals surface area contributed by atoms with E-state index in [0.717, 1.165) is 11.3 Å². The Balaban J connectivity index is 1.94. The van der Waals surface area contributed by atoms with Crippen molar-refractivity contribution < 1.29 is 9.13 Å². The standard InChI is InChI=1S/C16H11BrFN3O/c1-10-7-15(22-12-4-5-14(18)13(17)8-12)21-16(20-10)11-3-2-6-19-9-11/h2-9H,1H3. The summed E-state index contributed by atoms with van der Waals surface area (Å²) in [5.41, 5.74) is 1.57. The van der Waals surface area contributed by atoms with Gasteiger partial charge >= 0.3 is 0 Å². The van der Waals surface area contributed by atoms with Crippen molar-refractivity contribution in [3.05, 3.63) is 64.8 Å². The molecule has 0 saturated carbocycles. The van der Waals surface area contributed by atoms with Crippen LogP contribution in [-0.2, 0) is 0 Å². The molecule has 0 fully saturated rings. The second-order valence-corrected chi connectivity index (χ2v) is 5.45. The summed E-state index contributed by atoms with van der Waals surface area (Å²) in [6, 6.07) is 9.84. The average molecular weight is 360 g/mol. The summed E-state index contributed by atoms with van der Waals surface area (Å²) < 4.78 is 19.3. The summed E-state index contributed by atoms with van der Waals surface area (Å²) in [6.07, 6.45) is 3.37. The second kappa shape index (κ2) is 6.19. The summed E-state index contributed by atoms with van der Waals surface area (Å²) >= 11 is 3.13. The number of ether oxygens (including phenoxy) is 1. The molecule has 4 nitrogen and oxygen atoms in total. The topological polar surface area (TPSA) is 47.9 Å². The first-order valence-corrected chi connectivity index (χ1v) is 7.30. The number of pyridine rings is 1. The molecule has 0 aliphatic rings. The van der Waals surface area contributed by atoms with E-state index in [1.807, 2.05) is 19.1 Å². The van der Waals surface area contributed by atoms with Gasteiger partial charge in [-0.15, -0.1) is 0 Å². The van der Waals surface area contributed by atoms with Crippen LogP contribution < -0.4 is 4.74 Å². The third-order valence-electron chi connectivity index (χ3n) is 2.86. The molecular formula is C16H11BrFN3O. The predicted molar refractivity (Wildman–Crippen MR) is 84.2 cm³/mol. The molecule has 3 aromatic rings. The van der Waals surface area contributed by atoms with Crippen molar-refractivity contribution in [2.45, 2.75) is 6.92 Å². The normalized spacial score (nSPS) is 10.5. The van der Waals surface area contributed by atoms with Crippen LogP contribution in [0.2, 0.25) is 0 Å². The van der Waals surface area contributed by atoms with Gasteiger partial charge in [-0.05, 0) is 53.2 Å². The van der Waals surface area contributed by atoms with E-state index in [4.69, 9.17) is 4.74 Å². The molecule has 2 heterocycles. The summed E-state index contributed by atoms with van der Waals surface area (Å²) in [6.45, 7) is 1.86. The highest BCUT2D eigenvalue weighted by Crippen LogP contribution is 2.27. The van der Waals surface area contributed by atoms with Gasteiger partial charge in [0.2, 0.25) is 5.88 Å². The molecule has 0 N–H and O–H groups in total. The summed E-state index contributed by atoms with van der Waals surface area (Å²) in [7, 11) is 0. The molecule has 0 amide bonds. The van der Waals surface area contributed by atoms with Crippen LogP contribution >= 0.6 is 15.9 Å². The van der Waals surface area contributed by atoms with E-state index in [-0.39, 0.29) is 5.82 Å². The van der Waals surface area contributed by atoms with Crippen LogP contribution in [0.5, 0.6) is 11.6 Å². The van der Waals surface area contributed by atoms with Crippen LogP contribution in [-0.4, -0.2) is 15.0 Å². The van der Waals surface area contributed by atoms with Crippen LogP contribution in [0, 0.1) is 12.7 Å². The average Bonchev–Trinajstić information content (AvgIpc) is 2.51. The van der Waals surface area contributed by atoms with E-state index < -0.39 is 0 Å². The molecule has 0 spiro atoms. The lowest BCUT2D eigenvalue weighted by atomic mass is 10.2. The number of hydrogen-bond donors (Lipinski definition) is 0. The van der Waals surface area contributed by atoms with Crippen molar-refractivity contribution >= 4 is 15.9 Å². The van der Waals surface area contributed by atoms with E-state index in [2.05, 4.69) is 30.9 Å². The molecule has 110 valence electrons. The molecule has 1 aromatic carbocycles. The Morgan fingerprint density at radius 2 is 2.00 bits per heavy atom. The van der Waals surface area contributed by atoms with Crippen molar-refractivity contribution in [2.75, 3.05) is 0 Å². The van der Waals surface area contributed by atoms with Crippen LogP contribution in [0.1, 0.15) is 5.69 Å². The fourth-order valence-corrected chi connectivity index (χ4v) is 2.23. The van der Waals surface area contributed by atoms with Gasteiger partial charge in [0.15, 0.2) is 5.82 Å². The number of aromatic nitrogens is 3. The Labute approximate surface area is 135 Å². The molecule has 0 radical (unpaired) electrons. The van der Waals surface area contributed by atoms with Crippen LogP contribution in [0.15, 0.2) is 53.3 Å². The Kier molecular flexibility index (Phi) is 4.11. The molecule has 3 rings (SSSR count). The predicted octanol–water partition coefficient (Wildman–Crippen LogP) is 4.54. The maximum atomic E-state index is 13.3. The van der Waals surface area contributed by atoms with E-state index in [0.29, 0.717) is 21.9 Å². The zero-order valence-electron chi connectivity index (χ0n) is 11.6. The first kappa shape index (κ1) is 14.6. The molecule has 6 heteroatoms. The number of rotatable bonds is 3. The van der Waals surface area contributed by atoms with Gasteiger partial charge in [-0.2, -0.15) is 4.98 Å². The molecule has 0 saturated heterocycles. The van der Waals surface area contributed by atoms with Crippen LogP contribution in [0.4, 0.5) is 4.39 Å². The molecule has 22 heavy (non-hydrogen) atoms. The lowest BCUT2D eigenvalue weighted by molar-refractivity contribution is 0.459. The van der Waals surface area contributed by atoms with Crippen molar-refractivity contribution in [2.24, 2.45) is 0 Å². The summed E-state index contributed by atoms with van der Waals surface area (Å²) in [5.74, 6) is 1.07. The van der Waals surface area contributed by atoms with Gasteiger partial charge in [0.25, 0.3) is 0 Å². The molecule has 0 atom stereocenters. The molecule has 0 unspecified atom stereocenters. The second-order valence-electron chi connectivity index (χ2n) is 4.59. The number of halogens is 2. The van der Waals surface area contributed by atoms with Crippen LogP contribution in [0.25, 0.3) is 11.4 Å². The van der Waals surface area contributed by atoms with Crippen molar-refractivity contribution in [1.29, 1.82) is 0 Å². The van der Waals surface area contributed by atoms with Gasteiger partial charge in [-0.25, -0.2) is 9.37 Å². The maximum absolute atomic E-state index is 13.3. The molecular weight excluding hydrogens is 349 g/mol. The lowest BCUT2D eigenvalue weighted by Crippen LogP contribution is -1.96. The van der Waals surface area contributed by atoms with E-state index >= 15 is 0 Å². The van der Waals surface area contributed by atoms with Crippen LogP contribution in [0.3, 0.4) is 0 Å². The fraction of sp³-hybridized carbons (Fsp3) is 0.0625. The van der Waals surface area contributed by atoms with Crippen molar-refractivity contribution in [3.8, 4) is 23.0 Å². The zero-order valence-corrected chi connectivity index (χ0v) is 13.2. The van der Waals surface area contributed by atoms with Gasteiger partial charge in [0.05, 0.1) is 4.47 Å². The number of hydrogen-bond acceptors (Lipinski definition) is 4. The molecule has 0 aliphatic carbocycles. The summed E-state index contributed by atoms with van der Waals surface area (Å²) in [5, 5.41) is 0. The minimum Gasteiger partial charge on any atom is -0.439 e. The molecule has 2 aromatic heterocycles. The maximum Gasteiger partial charge on any atom is 0.223 e. The number of nitrogens with zero attached hydrogens (tertiary/aromatic N) is 3. The quantitative estimate of drug-likeness (QED) is 0.688.